The number of alkyl halides is 3. The van der Waals surface area contributed by atoms with Gasteiger partial charge in [0.2, 0.25) is 5.88 Å². The number of likely N-dealkylation sites (tertiary alicyclic amines) is 1. The summed E-state index contributed by atoms with van der Waals surface area (Å²) in [5.74, 6) is -0.134. The van der Waals surface area contributed by atoms with E-state index in [1.54, 1.807) is 17.0 Å². The lowest BCUT2D eigenvalue weighted by Gasteiger charge is -2.32. The van der Waals surface area contributed by atoms with Crippen LogP contribution in [0.1, 0.15) is 24.1 Å². The highest BCUT2D eigenvalue weighted by Gasteiger charge is 2.34. The van der Waals surface area contributed by atoms with E-state index in [2.05, 4.69) is 10.3 Å². The van der Waals surface area contributed by atoms with Crippen molar-refractivity contribution in [3.05, 3.63) is 53.7 Å². The number of ether oxygens (including phenoxy) is 1. The molecule has 3 rings (SSSR count). The number of pyridine rings is 1. The molecule has 28 heavy (non-hydrogen) atoms. The van der Waals surface area contributed by atoms with Gasteiger partial charge >= 0.3 is 12.2 Å². The van der Waals surface area contributed by atoms with Crippen molar-refractivity contribution in [2.24, 2.45) is 5.73 Å². The molecule has 0 radical (unpaired) electrons. The van der Waals surface area contributed by atoms with E-state index >= 15 is 0 Å². The van der Waals surface area contributed by atoms with Gasteiger partial charge in [-0.15, -0.1) is 0 Å². The first-order valence-electron chi connectivity index (χ1n) is 8.91. The molecule has 150 valence electrons. The van der Waals surface area contributed by atoms with E-state index in [0.29, 0.717) is 25.1 Å². The van der Waals surface area contributed by atoms with Gasteiger partial charge in [-0.3, -0.25) is 0 Å². The summed E-state index contributed by atoms with van der Waals surface area (Å²) >= 11 is 0. The van der Waals surface area contributed by atoms with Crippen LogP contribution in [0.3, 0.4) is 0 Å². The van der Waals surface area contributed by atoms with E-state index in [-0.39, 0.29) is 30.6 Å². The second-order valence-electron chi connectivity index (χ2n) is 6.53. The van der Waals surface area contributed by atoms with Gasteiger partial charge in [0.25, 0.3) is 0 Å². The number of hydrogen-bond acceptors (Lipinski definition) is 4. The first-order chi connectivity index (χ1) is 13.3. The van der Waals surface area contributed by atoms with E-state index in [1.165, 1.54) is 6.07 Å². The molecule has 6 nitrogen and oxygen atoms in total. The van der Waals surface area contributed by atoms with Gasteiger partial charge in [0.15, 0.2) is 0 Å². The molecule has 1 aliphatic rings. The molecule has 0 spiro atoms. The topological polar surface area (TPSA) is 80.5 Å². The summed E-state index contributed by atoms with van der Waals surface area (Å²) in [6.07, 6.45) is -3.74. The third kappa shape index (κ3) is 5.13. The Kier molecular flexibility index (Phi) is 6.03. The Hall–Kier alpha value is -2.81. The number of aromatic nitrogens is 1. The third-order valence-corrected chi connectivity index (χ3v) is 4.37. The Morgan fingerprint density at radius 3 is 2.71 bits per heavy atom. The summed E-state index contributed by atoms with van der Waals surface area (Å²) in [7, 11) is 0. The molecule has 9 heteroatoms. The fourth-order valence-electron chi connectivity index (χ4n) is 3.00. The van der Waals surface area contributed by atoms with Crippen LogP contribution in [0, 0.1) is 0 Å². The lowest BCUT2D eigenvalue weighted by atomic mass is 10.1. The molecule has 2 aromatic rings. The molecule has 1 saturated heterocycles. The number of rotatable bonds is 4. The number of nitrogens with two attached hydrogens (primary N) is 1. The van der Waals surface area contributed by atoms with Crippen LogP contribution in [-0.2, 0) is 12.7 Å². The van der Waals surface area contributed by atoms with Gasteiger partial charge in [-0.25, -0.2) is 9.78 Å². The summed E-state index contributed by atoms with van der Waals surface area (Å²) in [4.78, 5) is 17.6. The Morgan fingerprint density at radius 2 is 2.04 bits per heavy atom. The number of hydrogen-bond donors (Lipinski definition) is 2. The maximum absolute atomic E-state index is 13.0. The number of para-hydroxylation sites is 1. The van der Waals surface area contributed by atoms with E-state index < -0.39 is 18.0 Å². The van der Waals surface area contributed by atoms with Crippen LogP contribution in [0.25, 0.3) is 0 Å². The van der Waals surface area contributed by atoms with Crippen molar-refractivity contribution in [1.82, 2.24) is 9.88 Å². The molecule has 1 aromatic carbocycles. The molecule has 0 unspecified atom stereocenters. The zero-order chi connectivity index (χ0) is 20.1. The summed E-state index contributed by atoms with van der Waals surface area (Å²) in [6.45, 7) is 0.745. The van der Waals surface area contributed by atoms with Crippen LogP contribution >= 0.6 is 0 Å². The van der Waals surface area contributed by atoms with E-state index in [4.69, 9.17) is 10.5 Å². The third-order valence-electron chi connectivity index (χ3n) is 4.37. The number of benzene rings is 1. The van der Waals surface area contributed by atoms with E-state index in [9.17, 15) is 18.0 Å². The number of amides is 2. The molecule has 2 amide bonds. The summed E-state index contributed by atoms with van der Waals surface area (Å²) in [6, 6.07) is 11.1. The minimum atomic E-state index is -4.59. The zero-order valence-electron chi connectivity index (χ0n) is 15.1. The second kappa shape index (κ2) is 8.47. The fourth-order valence-corrected chi connectivity index (χ4v) is 3.00. The van der Waals surface area contributed by atoms with Crippen molar-refractivity contribution in [3.8, 4) is 5.88 Å². The predicted molar refractivity (Wildman–Crippen MR) is 97.8 cm³/mol. The van der Waals surface area contributed by atoms with Crippen LogP contribution in [0.15, 0.2) is 42.5 Å². The monoisotopic (exact) mass is 394 g/mol. The number of urea groups is 1. The van der Waals surface area contributed by atoms with Crippen LogP contribution in [0.2, 0.25) is 0 Å². The average molecular weight is 394 g/mol. The van der Waals surface area contributed by atoms with Crippen molar-refractivity contribution in [2.75, 3.05) is 18.4 Å². The van der Waals surface area contributed by atoms with Crippen LogP contribution in [0.4, 0.5) is 23.7 Å². The molecule has 1 atom stereocenters. The normalized spacial score (nSPS) is 17.3. The number of nitrogens with zero attached hydrogens (tertiary/aromatic N) is 2. The number of halogens is 3. The smallest absolute Gasteiger partial charge is 0.433 e. The zero-order valence-corrected chi connectivity index (χ0v) is 15.1. The maximum atomic E-state index is 13.0. The van der Waals surface area contributed by atoms with Crippen molar-refractivity contribution in [1.29, 1.82) is 0 Å². The highest BCUT2D eigenvalue weighted by Crippen LogP contribution is 2.30. The van der Waals surface area contributed by atoms with Gasteiger partial charge < -0.3 is 20.7 Å². The highest BCUT2D eigenvalue weighted by atomic mass is 19.4. The minimum Gasteiger partial charge on any atom is -0.472 e. The first kappa shape index (κ1) is 19.9. The van der Waals surface area contributed by atoms with E-state index in [0.717, 1.165) is 6.07 Å². The molecule has 1 aliphatic heterocycles. The molecule has 0 bridgehead atoms. The first-order valence-corrected chi connectivity index (χ1v) is 8.91. The van der Waals surface area contributed by atoms with Gasteiger partial charge in [-0.2, -0.15) is 13.2 Å². The standard InChI is InChI=1S/C19H21F3N4O2/c20-19(21,22)16-9-13(11-23)10-17(25-16)28-15-7-4-8-26(12-15)18(27)24-14-5-2-1-3-6-14/h1-3,5-6,9-10,15H,4,7-8,11-12,23H2,(H,24,27)/t15-/m1/s1. The maximum Gasteiger partial charge on any atom is 0.433 e. The SMILES string of the molecule is NCc1cc(O[C@@H]2CCCN(C(=O)Nc3ccccc3)C2)nc(C(F)(F)F)c1. The van der Waals surface area contributed by atoms with Crippen molar-refractivity contribution in [2.45, 2.75) is 31.7 Å². The summed E-state index contributed by atoms with van der Waals surface area (Å²) in [5.41, 5.74) is 5.40. The van der Waals surface area contributed by atoms with Crippen molar-refractivity contribution >= 4 is 11.7 Å². The highest BCUT2D eigenvalue weighted by molar-refractivity contribution is 5.89. The summed E-state index contributed by atoms with van der Waals surface area (Å²) < 4.78 is 44.7. The van der Waals surface area contributed by atoms with Gasteiger partial charge in [0.1, 0.15) is 11.8 Å². The minimum absolute atomic E-state index is 0.0573. The van der Waals surface area contributed by atoms with Gasteiger partial charge in [0, 0.05) is 24.8 Å². The number of carbonyl (C=O) groups excluding carboxylic acids is 1. The Morgan fingerprint density at radius 1 is 1.29 bits per heavy atom. The predicted octanol–water partition coefficient (Wildman–Crippen LogP) is 3.63. The van der Waals surface area contributed by atoms with E-state index in [1.807, 2.05) is 18.2 Å². The Labute approximate surface area is 160 Å². The second-order valence-corrected chi connectivity index (χ2v) is 6.53. The molecule has 0 aliphatic carbocycles. The number of nitrogens with one attached hydrogen (secondary N) is 1. The lowest BCUT2D eigenvalue weighted by molar-refractivity contribution is -0.141. The van der Waals surface area contributed by atoms with Crippen LogP contribution < -0.4 is 15.8 Å². The molecule has 1 aromatic heterocycles. The van der Waals surface area contributed by atoms with Gasteiger partial charge in [-0.05, 0) is 36.6 Å². The molecular weight excluding hydrogens is 373 g/mol. The Balaban J connectivity index is 1.67. The number of anilines is 1. The summed E-state index contributed by atoms with van der Waals surface area (Å²) in [5, 5.41) is 2.79. The molecule has 3 N–H and O–H groups in total. The number of piperidine rings is 1. The van der Waals surface area contributed by atoms with Gasteiger partial charge in [-0.1, -0.05) is 18.2 Å². The molecule has 0 saturated carbocycles. The average Bonchev–Trinajstić information content (AvgIpc) is 2.68. The van der Waals surface area contributed by atoms with Crippen LogP contribution in [0.5, 0.6) is 5.88 Å². The van der Waals surface area contributed by atoms with Crippen molar-refractivity contribution < 1.29 is 22.7 Å². The Bertz CT molecular complexity index is 815. The lowest BCUT2D eigenvalue weighted by Crippen LogP contribution is -2.46. The molecular formula is C19H21F3N4O2. The largest absolute Gasteiger partial charge is 0.472 e. The van der Waals surface area contributed by atoms with Crippen molar-refractivity contribution in [3.63, 3.8) is 0 Å². The molecule has 2 heterocycles. The molecule has 1 fully saturated rings. The number of carbonyl (C=O) groups is 1. The van der Waals surface area contributed by atoms with Crippen LogP contribution in [-0.4, -0.2) is 35.1 Å². The quantitative estimate of drug-likeness (QED) is 0.830. The van der Waals surface area contributed by atoms with Gasteiger partial charge in [0.05, 0.1) is 6.54 Å². The fraction of sp³-hybridized carbons (Fsp3) is 0.368.